The summed E-state index contributed by atoms with van der Waals surface area (Å²) in [5.74, 6) is -0.479. The lowest BCUT2D eigenvalue weighted by Gasteiger charge is -2.46. The molecule has 0 radical (unpaired) electrons. The minimum Gasteiger partial charge on any atom is -0.459 e. The lowest BCUT2D eigenvalue weighted by atomic mass is 9.98. The molecular weight excluding hydrogens is 404 g/mol. The van der Waals surface area contributed by atoms with Gasteiger partial charge in [-0.25, -0.2) is 0 Å². The monoisotopic (exact) mass is 438 g/mol. The number of hydrogen-bond donors (Lipinski definition) is 0. The second-order valence-electron chi connectivity index (χ2n) is 9.22. The average molecular weight is 439 g/mol. The van der Waals surface area contributed by atoms with Crippen LogP contribution in [0.1, 0.15) is 38.8 Å². The molecule has 1 heterocycles. The van der Waals surface area contributed by atoms with Crippen molar-refractivity contribution in [2.45, 2.75) is 52.0 Å². The SMILES string of the molecule is CC(C)(C(=O)OCc1ccccc1)N1CCN(C(C)(C)C(=O)OCc2ccccc2)CC1. The molecule has 0 aliphatic carbocycles. The Morgan fingerprint density at radius 2 is 0.969 bits per heavy atom. The summed E-state index contributed by atoms with van der Waals surface area (Å²) in [6, 6.07) is 19.4. The highest BCUT2D eigenvalue weighted by molar-refractivity contribution is 5.80. The summed E-state index contributed by atoms with van der Waals surface area (Å²) in [6.07, 6.45) is 0. The van der Waals surface area contributed by atoms with E-state index in [-0.39, 0.29) is 25.2 Å². The largest absolute Gasteiger partial charge is 0.459 e. The lowest BCUT2D eigenvalue weighted by molar-refractivity contribution is -0.164. The third-order valence-corrected chi connectivity index (χ3v) is 6.29. The molecule has 2 aromatic carbocycles. The molecule has 0 bridgehead atoms. The molecule has 1 saturated heterocycles. The Morgan fingerprint density at radius 3 is 1.28 bits per heavy atom. The van der Waals surface area contributed by atoms with E-state index in [9.17, 15) is 9.59 Å². The maximum absolute atomic E-state index is 12.8. The van der Waals surface area contributed by atoms with Gasteiger partial charge in [0.15, 0.2) is 0 Å². The Kier molecular flexibility index (Phi) is 7.69. The first-order chi connectivity index (χ1) is 15.2. The zero-order valence-electron chi connectivity index (χ0n) is 19.5. The second kappa shape index (κ2) is 10.3. The Morgan fingerprint density at radius 1 is 0.656 bits per heavy atom. The van der Waals surface area contributed by atoms with Crippen LogP contribution in [0, 0.1) is 0 Å². The van der Waals surface area contributed by atoms with E-state index in [1.807, 2.05) is 88.4 Å². The van der Waals surface area contributed by atoms with Crippen molar-refractivity contribution in [1.29, 1.82) is 0 Å². The Bertz CT molecular complexity index is 813. The Labute approximate surface area is 191 Å². The smallest absolute Gasteiger partial charge is 0.326 e. The van der Waals surface area contributed by atoms with E-state index in [0.717, 1.165) is 11.1 Å². The molecule has 6 heteroatoms. The van der Waals surface area contributed by atoms with Gasteiger partial charge in [0.1, 0.15) is 24.3 Å². The predicted molar refractivity (Wildman–Crippen MR) is 124 cm³/mol. The van der Waals surface area contributed by atoms with Crippen molar-refractivity contribution in [3.8, 4) is 0 Å². The van der Waals surface area contributed by atoms with Gasteiger partial charge < -0.3 is 9.47 Å². The number of esters is 2. The van der Waals surface area contributed by atoms with Gasteiger partial charge in [-0.2, -0.15) is 0 Å². The van der Waals surface area contributed by atoms with Crippen LogP contribution < -0.4 is 0 Å². The highest BCUT2D eigenvalue weighted by Gasteiger charge is 2.42. The molecular formula is C26H34N2O4. The molecule has 32 heavy (non-hydrogen) atoms. The highest BCUT2D eigenvalue weighted by Crippen LogP contribution is 2.24. The molecule has 1 aliphatic heterocycles. The zero-order valence-corrected chi connectivity index (χ0v) is 19.5. The fourth-order valence-electron chi connectivity index (χ4n) is 3.88. The highest BCUT2D eigenvalue weighted by atomic mass is 16.5. The minimum atomic E-state index is -0.737. The molecule has 0 amide bonds. The van der Waals surface area contributed by atoms with Crippen molar-refractivity contribution < 1.29 is 19.1 Å². The van der Waals surface area contributed by atoms with Gasteiger partial charge >= 0.3 is 11.9 Å². The van der Waals surface area contributed by atoms with E-state index in [4.69, 9.17) is 9.47 Å². The zero-order chi connectivity index (χ0) is 23.2. The topological polar surface area (TPSA) is 59.1 Å². The maximum atomic E-state index is 12.8. The van der Waals surface area contributed by atoms with Crippen molar-refractivity contribution in [3.05, 3.63) is 71.8 Å². The molecule has 0 spiro atoms. The molecule has 172 valence electrons. The molecule has 0 saturated carbocycles. The van der Waals surface area contributed by atoms with Crippen molar-refractivity contribution in [1.82, 2.24) is 9.80 Å². The van der Waals surface area contributed by atoms with E-state index in [1.165, 1.54) is 0 Å². The van der Waals surface area contributed by atoms with Crippen LogP contribution in [0.5, 0.6) is 0 Å². The minimum absolute atomic E-state index is 0.240. The van der Waals surface area contributed by atoms with Gasteiger partial charge in [0.25, 0.3) is 0 Å². The quantitative estimate of drug-likeness (QED) is 0.587. The fourth-order valence-corrected chi connectivity index (χ4v) is 3.88. The summed E-state index contributed by atoms with van der Waals surface area (Å²) in [7, 11) is 0. The number of hydrogen-bond acceptors (Lipinski definition) is 6. The van der Waals surface area contributed by atoms with Crippen LogP contribution >= 0.6 is 0 Å². The molecule has 3 rings (SSSR count). The number of piperazine rings is 1. The molecule has 0 aromatic heterocycles. The molecule has 0 unspecified atom stereocenters. The van der Waals surface area contributed by atoms with Gasteiger partial charge in [-0.3, -0.25) is 19.4 Å². The van der Waals surface area contributed by atoms with Gasteiger partial charge in [0.05, 0.1) is 0 Å². The van der Waals surface area contributed by atoms with Crippen molar-refractivity contribution in [2.75, 3.05) is 26.2 Å². The molecule has 0 atom stereocenters. The lowest BCUT2D eigenvalue weighted by Crippen LogP contribution is -2.63. The van der Waals surface area contributed by atoms with Crippen molar-refractivity contribution in [2.24, 2.45) is 0 Å². The van der Waals surface area contributed by atoms with Crippen LogP contribution in [-0.2, 0) is 32.3 Å². The molecule has 6 nitrogen and oxygen atoms in total. The number of ether oxygens (including phenoxy) is 2. The van der Waals surface area contributed by atoms with Crippen LogP contribution in [0.25, 0.3) is 0 Å². The third kappa shape index (κ3) is 5.75. The maximum Gasteiger partial charge on any atom is 0.326 e. The summed E-state index contributed by atoms with van der Waals surface area (Å²) in [5.41, 5.74) is 0.465. The Hall–Kier alpha value is -2.70. The van der Waals surface area contributed by atoms with E-state index in [1.54, 1.807) is 0 Å². The first-order valence-corrected chi connectivity index (χ1v) is 11.1. The molecule has 1 fully saturated rings. The summed E-state index contributed by atoms with van der Waals surface area (Å²) < 4.78 is 11.2. The van der Waals surface area contributed by atoms with E-state index >= 15 is 0 Å². The van der Waals surface area contributed by atoms with Crippen LogP contribution in [0.15, 0.2) is 60.7 Å². The summed E-state index contributed by atoms with van der Waals surface area (Å²) in [6.45, 7) is 10.8. The van der Waals surface area contributed by atoms with Gasteiger partial charge in [-0.1, -0.05) is 60.7 Å². The van der Waals surface area contributed by atoms with Crippen LogP contribution in [0.4, 0.5) is 0 Å². The number of nitrogens with zero attached hydrogens (tertiary/aromatic N) is 2. The second-order valence-corrected chi connectivity index (χ2v) is 9.22. The number of carbonyl (C=O) groups excluding carboxylic acids is 2. The van der Waals surface area contributed by atoms with E-state index in [0.29, 0.717) is 26.2 Å². The van der Waals surface area contributed by atoms with Gasteiger partial charge in [-0.15, -0.1) is 0 Å². The first-order valence-electron chi connectivity index (χ1n) is 11.1. The molecule has 0 N–H and O–H groups in total. The summed E-state index contributed by atoms with van der Waals surface area (Å²) >= 11 is 0. The number of rotatable bonds is 8. The number of benzene rings is 2. The van der Waals surface area contributed by atoms with Crippen LogP contribution in [0.2, 0.25) is 0 Å². The van der Waals surface area contributed by atoms with E-state index < -0.39 is 11.1 Å². The fraction of sp³-hybridized carbons (Fsp3) is 0.462. The average Bonchev–Trinajstić information content (AvgIpc) is 2.82. The Balaban J connectivity index is 1.51. The predicted octanol–water partition coefficient (Wildman–Crippen LogP) is 3.65. The third-order valence-electron chi connectivity index (χ3n) is 6.29. The summed E-state index contributed by atoms with van der Waals surface area (Å²) in [5, 5.41) is 0. The van der Waals surface area contributed by atoms with Gasteiger partial charge in [-0.05, 0) is 38.8 Å². The van der Waals surface area contributed by atoms with Crippen molar-refractivity contribution in [3.63, 3.8) is 0 Å². The molecule has 2 aromatic rings. The van der Waals surface area contributed by atoms with Crippen LogP contribution in [0.3, 0.4) is 0 Å². The first kappa shape index (κ1) is 24.0. The van der Waals surface area contributed by atoms with Crippen LogP contribution in [-0.4, -0.2) is 59.0 Å². The summed E-state index contributed by atoms with van der Waals surface area (Å²) in [4.78, 5) is 29.8. The normalized spacial score (nSPS) is 15.9. The molecule has 1 aliphatic rings. The number of carbonyl (C=O) groups is 2. The van der Waals surface area contributed by atoms with Gasteiger partial charge in [0.2, 0.25) is 0 Å². The standard InChI is InChI=1S/C26H34N2O4/c1-25(2,23(29)31-19-21-11-7-5-8-12-21)27-15-17-28(18-16-27)26(3,4)24(30)32-20-22-13-9-6-10-14-22/h5-14H,15-20H2,1-4H3. The van der Waals surface area contributed by atoms with E-state index in [2.05, 4.69) is 9.80 Å². The van der Waals surface area contributed by atoms with Gasteiger partial charge in [0, 0.05) is 26.2 Å². The van der Waals surface area contributed by atoms with Crippen molar-refractivity contribution >= 4 is 11.9 Å².